The molecule has 2 aromatic heterocycles. The highest BCUT2D eigenvalue weighted by Crippen LogP contribution is 2.36. The number of amides is 1. The van der Waals surface area contributed by atoms with Crippen molar-refractivity contribution in [3.05, 3.63) is 35.0 Å². The maximum Gasteiger partial charge on any atom is 0.253 e. The lowest BCUT2D eigenvalue weighted by molar-refractivity contribution is -0.119. The van der Waals surface area contributed by atoms with E-state index in [1.54, 1.807) is 28.8 Å². The summed E-state index contributed by atoms with van der Waals surface area (Å²) in [6, 6.07) is 3.20. The molecule has 1 amide bonds. The van der Waals surface area contributed by atoms with Crippen molar-refractivity contribution in [2.45, 2.75) is 43.0 Å². The number of piperidine rings is 1. The van der Waals surface area contributed by atoms with Gasteiger partial charge in [-0.1, -0.05) is 6.42 Å². The van der Waals surface area contributed by atoms with Crippen LogP contribution in [0, 0.1) is 0 Å². The van der Waals surface area contributed by atoms with Crippen LogP contribution in [-0.4, -0.2) is 35.4 Å². The topological polar surface area (TPSA) is 95.2 Å². The predicted octanol–water partition coefficient (Wildman–Crippen LogP) is 2.02. The van der Waals surface area contributed by atoms with Gasteiger partial charge in [0.25, 0.3) is 10.0 Å². The number of hydrogen-bond acceptors (Lipinski definition) is 5. The summed E-state index contributed by atoms with van der Waals surface area (Å²) in [7, 11) is -3.56. The van der Waals surface area contributed by atoms with Gasteiger partial charge in [0.05, 0.1) is 18.8 Å². The number of hydrogen-bond donors (Lipinski definition) is 2. The third-order valence-corrected chi connectivity index (χ3v) is 7.53. The number of nitrogens with zero attached hydrogens (tertiary/aromatic N) is 2. The molecule has 0 aliphatic carbocycles. The Hall–Kier alpha value is -1.71. The summed E-state index contributed by atoms with van der Waals surface area (Å²) in [5.41, 5.74) is 0.897. The molecular formula is C15H20N4O3S2. The fraction of sp³-hybridized carbons (Fsp3) is 0.467. The molecule has 2 aromatic rings. The van der Waals surface area contributed by atoms with Gasteiger partial charge in [-0.3, -0.25) is 9.89 Å². The molecule has 0 unspecified atom stereocenters. The molecule has 1 fully saturated rings. The summed E-state index contributed by atoms with van der Waals surface area (Å²) < 4.78 is 28.0. The van der Waals surface area contributed by atoms with Crippen molar-refractivity contribution >= 4 is 27.3 Å². The van der Waals surface area contributed by atoms with Crippen molar-refractivity contribution in [2.75, 3.05) is 6.54 Å². The fourth-order valence-corrected chi connectivity index (χ4v) is 6.00. The van der Waals surface area contributed by atoms with Crippen LogP contribution in [0.4, 0.5) is 0 Å². The molecule has 1 atom stereocenters. The van der Waals surface area contributed by atoms with E-state index >= 15 is 0 Å². The van der Waals surface area contributed by atoms with E-state index in [0.29, 0.717) is 17.3 Å². The number of H-pyrrole nitrogens is 1. The van der Waals surface area contributed by atoms with Gasteiger partial charge in [-0.05, 0) is 25.0 Å². The van der Waals surface area contributed by atoms with E-state index in [9.17, 15) is 13.2 Å². The quantitative estimate of drug-likeness (QED) is 0.844. The smallest absolute Gasteiger partial charge is 0.253 e. The predicted molar refractivity (Wildman–Crippen MR) is 90.9 cm³/mol. The van der Waals surface area contributed by atoms with E-state index < -0.39 is 10.0 Å². The molecule has 0 saturated carbocycles. The van der Waals surface area contributed by atoms with E-state index in [1.807, 2.05) is 0 Å². The van der Waals surface area contributed by atoms with Crippen LogP contribution in [0.5, 0.6) is 0 Å². The van der Waals surface area contributed by atoms with Crippen molar-refractivity contribution in [1.29, 1.82) is 0 Å². The zero-order valence-corrected chi connectivity index (χ0v) is 15.0. The second-order valence-electron chi connectivity index (χ2n) is 5.79. The second kappa shape index (κ2) is 7.04. The van der Waals surface area contributed by atoms with Gasteiger partial charge >= 0.3 is 0 Å². The Bertz CT molecular complexity index is 799. The molecule has 0 spiro atoms. The monoisotopic (exact) mass is 368 g/mol. The van der Waals surface area contributed by atoms with Gasteiger partial charge in [-0.15, -0.1) is 11.3 Å². The lowest BCUT2D eigenvalue weighted by atomic mass is 10.0. The zero-order chi connectivity index (χ0) is 17.2. The van der Waals surface area contributed by atoms with E-state index in [0.717, 1.165) is 29.7 Å². The van der Waals surface area contributed by atoms with Gasteiger partial charge in [0.2, 0.25) is 5.91 Å². The van der Waals surface area contributed by atoms with Gasteiger partial charge in [-0.2, -0.15) is 9.40 Å². The summed E-state index contributed by atoms with van der Waals surface area (Å²) in [4.78, 5) is 11.8. The summed E-state index contributed by atoms with van der Waals surface area (Å²) in [6.07, 6.45) is 6.10. The molecule has 3 heterocycles. The number of carbonyl (C=O) groups excluding carboxylic acids is 1. The Morgan fingerprint density at radius 1 is 1.46 bits per heavy atom. The molecule has 1 aliphatic heterocycles. The minimum atomic E-state index is -3.56. The first-order valence-corrected chi connectivity index (χ1v) is 10.1. The SMILES string of the molecule is CC(=O)NCc1ccc(S(=O)(=O)N2CCCC[C@@H]2c2cn[nH]c2)s1. The normalized spacial score (nSPS) is 19.3. The zero-order valence-electron chi connectivity index (χ0n) is 13.4. The highest BCUT2D eigenvalue weighted by Gasteiger charge is 2.35. The van der Waals surface area contributed by atoms with Crippen LogP contribution in [0.2, 0.25) is 0 Å². The third kappa shape index (κ3) is 3.52. The lowest BCUT2D eigenvalue weighted by Gasteiger charge is -2.33. The number of thiophene rings is 1. The van der Waals surface area contributed by atoms with E-state index in [1.165, 1.54) is 18.3 Å². The molecule has 0 aromatic carbocycles. The van der Waals surface area contributed by atoms with Crippen LogP contribution in [0.3, 0.4) is 0 Å². The van der Waals surface area contributed by atoms with Crippen molar-refractivity contribution in [3.63, 3.8) is 0 Å². The summed E-state index contributed by atoms with van der Waals surface area (Å²) in [6.45, 7) is 2.30. The number of sulfonamides is 1. The molecule has 1 aliphatic rings. The molecule has 9 heteroatoms. The van der Waals surface area contributed by atoms with Gasteiger partial charge in [0.15, 0.2) is 0 Å². The summed E-state index contributed by atoms with van der Waals surface area (Å²) in [5.74, 6) is -0.135. The van der Waals surface area contributed by atoms with Crippen LogP contribution in [-0.2, 0) is 21.4 Å². The molecule has 24 heavy (non-hydrogen) atoms. The fourth-order valence-electron chi connectivity index (χ4n) is 2.89. The number of aromatic amines is 1. The van der Waals surface area contributed by atoms with Crippen LogP contribution < -0.4 is 5.32 Å². The molecule has 130 valence electrons. The highest BCUT2D eigenvalue weighted by atomic mass is 32.2. The average molecular weight is 368 g/mol. The van der Waals surface area contributed by atoms with Gasteiger partial charge in [-0.25, -0.2) is 8.42 Å². The minimum absolute atomic E-state index is 0.135. The Balaban J connectivity index is 1.84. The van der Waals surface area contributed by atoms with Crippen LogP contribution >= 0.6 is 11.3 Å². The minimum Gasteiger partial charge on any atom is -0.351 e. The largest absolute Gasteiger partial charge is 0.351 e. The van der Waals surface area contributed by atoms with E-state index in [2.05, 4.69) is 15.5 Å². The van der Waals surface area contributed by atoms with Crippen molar-refractivity contribution < 1.29 is 13.2 Å². The van der Waals surface area contributed by atoms with Gasteiger partial charge < -0.3 is 5.32 Å². The Morgan fingerprint density at radius 3 is 3.00 bits per heavy atom. The Morgan fingerprint density at radius 2 is 2.29 bits per heavy atom. The van der Waals surface area contributed by atoms with Crippen molar-refractivity contribution in [3.8, 4) is 0 Å². The Labute approximate surface area is 145 Å². The van der Waals surface area contributed by atoms with Crippen molar-refractivity contribution in [1.82, 2.24) is 19.8 Å². The molecule has 1 saturated heterocycles. The highest BCUT2D eigenvalue weighted by molar-refractivity contribution is 7.91. The van der Waals surface area contributed by atoms with Crippen LogP contribution in [0.15, 0.2) is 28.7 Å². The number of carbonyl (C=O) groups is 1. The third-order valence-electron chi connectivity index (χ3n) is 4.07. The standard InChI is InChI=1S/C15H20N4O3S2/c1-11(20)16-10-13-5-6-15(23-13)24(21,22)19-7-3-2-4-14(19)12-8-17-18-9-12/h5-6,8-9,14H,2-4,7,10H2,1H3,(H,16,20)(H,17,18)/t14-/m1/s1. The Kier molecular flexibility index (Phi) is 5.02. The molecule has 7 nitrogen and oxygen atoms in total. The maximum absolute atomic E-state index is 13.1. The average Bonchev–Trinajstić information content (AvgIpc) is 3.25. The molecule has 0 bridgehead atoms. The first-order chi connectivity index (χ1) is 11.5. The number of rotatable bonds is 5. The van der Waals surface area contributed by atoms with Gasteiger partial charge in [0.1, 0.15) is 4.21 Å². The first kappa shape index (κ1) is 17.1. The molecule has 3 rings (SSSR count). The number of aromatic nitrogens is 2. The molecular weight excluding hydrogens is 348 g/mol. The van der Waals surface area contributed by atoms with Crippen LogP contribution in [0.25, 0.3) is 0 Å². The van der Waals surface area contributed by atoms with E-state index in [4.69, 9.17) is 0 Å². The van der Waals surface area contributed by atoms with Crippen molar-refractivity contribution in [2.24, 2.45) is 0 Å². The maximum atomic E-state index is 13.1. The molecule has 0 radical (unpaired) electrons. The summed E-state index contributed by atoms with van der Waals surface area (Å²) >= 11 is 1.21. The lowest BCUT2D eigenvalue weighted by Crippen LogP contribution is -2.38. The van der Waals surface area contributed by atoms with Crippen LogP contribution in [0.1, 0.15) is 42.7 Å². The molecule has 2 N–H and O–H groups in total. The van der Waals surface area contributed by atoms with E-state index in [-0.39, 0.29) is 11.9 Å². The second-order valence-corrected chi connectivity index (χ2v) is 9.08. The first-order valence-electron chi connectivity index (χ1n) is 7.82. The number of nitrogens with one attached hydrogen (secondary N) is 2. The van der Waals surface area contributed by atoms with Gasteiger partial charge in [0, 0.05) is 30.1 Å². The summed E-state index contributed by atoms with van der Waals surface area (Å²) in [5, 5.41) is 9.40.